The van der Waals surface area contributed by atoms with Crippen LogP contribution in [0.5, 0.6) is 5.75 Å². The fourth-order valence-corrected chi connectivity index (χ4v) is 2.63. The van der Waals surface area contributed by atoms with Gasteiger partial charge in [-0.1, -0.05) is 15.9 Å². The summed E-state index contributed by atoms with van der Waals surface area (Å²) in [6.45, 7) is 3.10. The molecule has 0 spiro atoms. The molecule has 0 atom stereocenters. The second kappa shape index (κ2) is 7.34. The van der Waals surface area contributed by atoms with Crippen LogP contribution in [0.15, 0.2) is 22.7 Å². The van der Waals surface area contributed by atoms with E-state index in [4.69, 9.17) is 10.5 Å². The van der Waals surface area contributed by atoms with E-state index in [-0.39, 0.29) is 12.4 Å². The maximum absolute atomic E-state index is 5.91. The molecule has 1 fully saturated rings. The van der Waals surface area contributed by atoms with Crippen LogP contribution in [0.4, 0.5) is 0 Å². The third kappa shape index (κ3) is 4.12. The number of nitrogens with two attached hydrogens (primary N) is 1. The number of likely N-dealkylation sites (tertiary alicyclic amines) is 1. The molecule has 1 aromatic carbocycles. The smallest absolute Gasteiger partial charge is 0.123 e. The van der Waals surface area contributed by atoms with Gasteiger partial charge in [-0.05, 0) is 44.1 Å². The molecule has 5 heteroatoms. The molecule has 1 aliphatic rings. The summed E-state index contributed by atoms with van der Waals surface area (Å²) < 4.78 is 6.49. The molecular weight excluding hydrogens is 316 g/mol. The highest BCUT2D eigenvalue weighted by Gasteiger charge is 2.17. The summed E-state index contributed by atoms with van der Waals surface area (Å²) in [6, 6.07) is 6.53. The highest BCUT2D eigenvalue weighted by Crippen LogP contribution is 2.25. The average molecular weight is 336 g/mol. The van der Waals surface area contributed by atoms with Gasteiger partial charge in [0.05, 0.1) is 7.11 Å². The highest BCUT2D eigenvalue weighted by molar-refractivity contribution is 9.10. The number of hydrogen-bond acceptors (Lipinski definition) is 3. The molecule has 2 N–H and O–H groups in total. The van der Waals surface area contributed by atoms with E-state index in [9.17, 15) is 0 Å². The standard InChI is InChI=1S/C13H19BrN2O.ClH/c1-17-13-3-2-11(14)8-10(13)9-16-6-4-12(15)5-7-16;/h2-3,8,12H,4-7,9,15H2,1H3;1H. The Morgan fingerprint density at radius 1 is 1.39 bits per heavy atom. The predicted molar refractivity (Wildman–Crippen MR) is 80.4 cm³/mol. The normalized spacial score (nSPS) is 17.3. The Bertz CT molecular complexity index is 381. The Hall–Kier alpha value is -0.290. The second-order valence-electron chi connectivity index (χ2n) is 4.57. The van der Waals surface area contributed by atoms with Gasteiger partial charge in [0.2, 0.25) is 0 Å². The van der Waals surface area contributed by atoms with E-state index < -0.39 is 0 Å². The van der Waals surface area contributed by atoms with Gasteiger partial charge in [0.1, 0.15) is 5.75 Å². The van der Waals surface area contributed by atoms with Gasteiger partial charge in [-0.2, -0.15) is 0 Å². The van der Waals surface area contributed by atoms with Crippen molar-refractivity contribution in [3.8, 4) is 5.75 Å². The Morgan fingerprint density at radius 2 is 2.06 bits per heavy atom. The zero-order chi connectivity index (χ0) is 12.3. The average Bonchev–Trinajstić information content (AvgIpc) is 2.32. The van der Waals surface area contributed by atoms with Crippen molar-refractivity contribution in [1.82, 2.24) is 4.90 Å². The van der Waals surface area contributed by atoms with Crippen molar-refractivity contribution in [2.24, 2.45) is 5.73 Å². The van der Waals surface area contributed by atoms with Gasteiger partial charge in [0.25, 0.3) is 0 Å². The summed E-state index contributed by atoms with van der Waals surface area (Å²) in [7, 11) is 1.72. The lowest BCUT2D eigenvalue weighted by atomic mass is 10.1. The zero-order valence-electron chi connectivity index (χ0n) is 10.6. The minimum atomic E-state index is 0. The molecule has 102 valence electrons. The maximum atomic E-state index is 5.91. The number of ether oxygens (including phenoxy) is 1. The molecule has 0 aliphatic carbocycles. The summed E-state index contributed by atoms with van der Waals surface area (Å²) in [5.41, 5.74) is 7.15. The molecule has 0 bridgehead atoms. The molecule has 0 saturated carbocycles. The number of hydrogen-bond donors (Lipinski definition) is 1. The van der Waals surface area contributed by atoms with Crippen LogP contribution in [0.3, 0.4) is 0 Å². The predicted octanol–water partition coefficient (Wildman–Crippen LogP) is 2.80. The minimum Gasteiger partial charge on any atom is -0.496 e. The first-order valence-electron chi connectivity index (χ1n) is 5.99. The summed E-state index contributed by atoms with van der Waals surface area (Å²) in [5, 5.41) is 0. The van der Waals surface area contributed by atoms with E-state index in [0.29, 0.717) is 6.04 Å². The Labute approximate surface area is 123 Å². The van der Waals surface area contributed by atoms with Crippen molar-refractivity contribution in [2.75, 3.05) is 20.2 Å². The Balaban J connectivity index is 0.00000162. The molecule has 1 heterocycles. The zero-order valence-corrected chi connectivity index (χ0v) is 13.0. The fourth-order valence-electron chi connectivity index (χ4n) is 2.22. The summed E-state index contributed by atoms with van der Waals surface area (Å²) in [5.74, 6) is 0.961. The van der Waals surface area contributed by atoms with Gasteiger partial charge in [0.15, 0.2) is 0 Å². The van der Waals surface area contributed by atoms with Crippen LogP contribution in [0.2, 0.25) is 0 Å². The van der Waals surface area contributed by atoms with Crippen molar-refractivity contribution in [1.29, 1.82) is 0 Å². The molecule has 2 rings (SSSR count). The number of halogens is 2. The summed E-state index contributed by atoms with van der Waals surface area (Å²) in [4.78, 5) is 2.44. The van der Waals surface area contributed by atoms with Gasteiger partial charge in [-0.15, -0.1) is 12.4 Å². The molecule has 0 amide bonds. The van der Waals surface area contributed by atoms with E-state index in [1.54, 1.807) is 7.11 Å². The van der Waals surface area contributed by atoms with Crippen molar-refractivity contribution in [2.45, 2.75) is 25.4 Å². The third-order valence-electron chi connectivity index (χ3n) is 3.27. The van der Waals surface area contributed by atoms with E-state index in [2.05, 4.69) is 26.9 Å². The van der Waals surface area contributed by atoms with Crippen LogP contribution in [-0.4, -0.2) is 31.1 Å². The number of rotatable bonds is 3. The second-order valence-corrected chi connectivity index (χ2v) is 5.49. The van der Waals surface area contributed by atoms with E-state index in [1.165, 1.54) is 5.56 Å². The van der Waals surface area contributed by atoms with Crippen molar-refractivity contribution >= 4 is 28.3 Å². The lowest BCUT2D eigenvalue weighted by molar-refractivity contribution is 0.203. The SMILES string of the molecule is COc1ccc(Br)cc1CN1CCC(N)CC1.Cl. The topological polar surface area (TPSA) is 38.5 Å². The van der Waals surface area contributed by atoms with Crippen LogP contribution < -0.4 is 10.5 Å². The molecule has 0 aromatic heterocycles. The quantitative estimate of drug-likeness (QED) is 0.923. The summed E-state index contributed by atoms with van der Waals surface area (Å²) >= 11 is 3.51. The van der Waals surface area contributed by atoms with Crippen LogP contribution in [0, 0.1) is 0 Å². The number of nitrogens with zero attached hydrogens (tertiary/aromatic N) is 1. The maximum Gasteiger partial charge on any atom is 0.123 e. The van der Waals surface area contributed by atoms with Gasteiger partial charge < -0.3 is 10.5 Å². The van der Waals surface area contributed by atoms with Gasteiger partial charge in [-0.3, -0.25) is 4.90 Å². The number of methoxy groups -OCH3 is 1. The van der Waals surface area contributed by atoms with E-state index >= 15 is 0 Å². The van der Waals surface area contributed by atoms with Crippen LogP contribution in [0.25, 0.3) is 0 Å². The molecule has 1 aliphatic heterocycles. The van der Waals surface area contributed by atoms with E-state index in [1.807, 2.05) is 12.1 Å². The first-order valence-corrected chi connectivity index (χ1v) is 6.78. The van der Waals surface area contributed by atoms with Crippen LogP contribution in [0.1, 0.15) is 18.4 Å². The molecule has 1 aromatic rings. The van der Waals surface area contributed by atoms with Gasteiger partial charge in [0, 0.05) is 22.6 Å². The van der Waals surface area contributed by atoms with Gasteiger partial charge in [-0.25, -0.2) is 0 Å². The highest BCUT2D eigenvalue weighted by atomic mass is 79.9. The van der Waals surface area contributed by atoms with Crippen molar-refractivity contribution in [3.05, 3.63) is 28.2 Å². The van der Waals surface area contributed by atoms with Crippen molar-refractivity contribution < 1.29 is 4.74 Å². The lowest BCUT2D eigenvalue weighted by Crippen LogP contribution is -2.39. The van der Waals surface area contributed by atoms with Crippen LogP contribution in [-0.2, 0) is 6.54 Å². The Morgan fingerprint density at radius 3 is 2.67 bits per heavy atom. The van der Waals surface area contributed by atoms with Gasteiger partial charge >= 0.3 is 0 Å². The molecule has 18 heavy (non-hydrogen) atoms. The first kappa shape index (κ1) is 15.8. The summed E-state index contributed by atoms with van der Waals surface area (Å²) in [6.07, 6.45) is 2.19. The monoisotopic (exact) mass is 334 g/mol. The fraction of sp³-hybridized carbons (Fsp3) is 0.538. The third-order valence-corrected chi connectivity index (χ3v) is 3.76. The largest absolute Gasteiger partial charge is 0.496 e. The number of piperidine rings is 1. The van der Waals surface area contributed by atoms with E-state index in [0.717, 1.165) is 42.7 Å². The molecule has 1 saturated heterocycles. The minimum absolute atomic E-state index is 0. The molecule has 0 unspecified atom stereocenters. The molecular formula is C13H20BrClN2O. The lowest BCUT2D eigenvalue weighted by Gasteiger charge is -2.30. The van der Waals surface area contributed by atoms with Crippen LogP contribution >= 0.6 is 28.3 Å². The number of benzene rings is 1. The molecule has 3 nitrogen and oxygen atoms in total. The molecule has 0 radical (unpaired) electrons. The first-order chi connectivity index (χ1) is 8.19. The Kier molecular flexibility index (Phi) is 6.43. The van der Waals surface area contributed by atoms with Crippen molar-refractivity contribution in [3.63, 3.8) is 0 Å².